The molecule has 4 nitrogen and oxygen atoms in total. The lowest BCUT2D eigenvalue weighted by molar-refractivity contribution is -0.122. The van der Waals surface area contributed by atoms with Crippen LogP contribution in [-0.2, 0) is 4.79 Å². The normalized spacial score (nSPS) is 24.9. The van der Waals surface area contributed by atoms with Gasteiger partial charge in [-0.15, -0.1) is 0 Å². The summed E-state index contributed by atoms with van der Waals surface area (Å²) in [6, 6.07) is 0.131. The van der Waals surface area contributed by atoms with Crippen LogP contribution in [0.25, 0.3) is 0 Å². The number of nitrogens with zero attached hydrogens (tertiary/aromatic N) is 1. The van der Waals surface area contributed by atoms with Crippen molar-refractivity contribution in [2.45, 2.75) is 38.9 Å². The van der Waals surface area contributed by atoms with E-state index in [4.69, 9.17) is 0 Å². The zero-order valence-electron chi connectivity index (χ0n) is 11.5. The Kier molecular flexibility index (Phi) is 5.59. The monoisotopic (exact) mass is 257 g/mol. The van der Waals surface area contributed by atoms with Crippen LogP contribution in [0.2, 0.25) is 0 Å². The maximum Gasteiger partial charge on any atom is 0.234 e. The molecular formula is C13H24FN3O. The first-order valence-electron chi connectivity index (χ1n) is 6.50. The van der Waals surface area contributed by atoms with Gasteiger partial charge in [0.05, 0.1) is 6.54 Å². The van der Waals surface area contributed by atoms with Crippen LogP contribution in [0.4, 0.5) is 4.39 Å². The Hall–Kier alpha value is -1.10. The van der Waals surface area contributed by atoms with E-state index in [1.54, 1.807) is 6.20 Å². The molecule has 0 radical (unpaired) electrons. The van der Waals surface area contributed by atoms with Crippen molar-refractivity contribution in [3.8, 4) is 0 Å². The van der Waals surface area contributed by atoms with Crippen molar-refractivity contribution in [3.63, 3.8) is 0 Å². The van der Waals surface area contributed by atoms with E-state index in [0.717, 1.165) is 0 Å². The van der Waals surface area contributed by atoms with Crippen molar-refractivity contribution in [1.82, 2.24) is 15.5 Å². The molecule has 0 bridgehead atoms. The van der Waals surface area contributed by atoms with Gasteiger partial charge in [0.2, 0.25) is 5.91 Å². The van der Waals surface area contributed by atoms with Crippen LogP contribution in [0, 0.1) is 0 Å². The van der Waals surface area contributed by atoms with Crippen molar-refractivity contribution in [2.24, 2.45) is 0 Å². The highest BCUT2D eigenvalue weighted by Crippen LogP contribution is 2.24. The number of alkyl halides is 1. The summed E-state index contributed by atoms with van der Waals surface area (Å²) in [4.78, 5) is 13.4. The summed E-state index contributed by atoms with van der Waals surface area (Å²) in [5.74, 6) is -0.0318. The van der Waals surface area contributed by atoms with Gasteiger partial charge in [-0.3, -0.25) is 9.69 Å². The fraction of sp³-hybridized carbons (Fsp3) is 0.769. The van der Waals surface area contributed by atoms with Gasteiger partial charge in [-0.05, 0) is 33.4 Å². The van der Waals surface area contributed by atoms with Gasteiger partial charge in [0.1, 0.15) is 5.67 Å². The van der Waals surface area contributed by atoms with E-state index in [-0.39, 0.29) is 18.5 Å². The van der Waals surface area contributed by atoms with Gasteiger partial charge < -0.3 is 10.6 Å². The van der Waals surface area contributed by atoms with Crippen molar-refractivity contribution in [1.29, 1.82) is 0 Å². The van der Waals surface area contributed by atoms with Crippen LogP contribution in [0.1, 0.15) is 27.2 Å². The Balaban J connectivity index is 2.33. The van der Waals surface area contributed by atoms with E-state index in [0.29, 0.717) is 26.1 Å². The van der Waals surface area contributed by atoms with Crippen molar-refractivity contribution in [3.05, 3.63) is 12.3 Å². The third-order valence-corrected chi connectivity index (χ3v) is 2.90. The molecular weight excluding hydrogens is 233 g/mol. The van der Waals surface area contributed by atoms with E-state index < -0.39 is 5.67 Å². The van der Waals surface area contributed by atoms with Gasteiger partial charge in [-0.25, -0.2) is 4.39 Å². The molecule has 1 saturated heterocycles. The van der Waals surface area contributed by atoms with E-state index >= 15 is 0 Å². The van der Waals surface area contributed by atoms with Crippen molar-refractivity contribution >= 4 is 5.91 Å². The molecule has 1 unspecified atom stereocenters. The zero-order chi connectivity index (χ0) is 13.6. The number of rotatable bonds is 6. The van der Waals surface area contributed by atoms with Crippen LogP contribution < -0.4 is 10.6 Å². The first-order valence-corrected chi connectivity index (χ1v) is 6.50. The number of likely N-dealkylation sites (tertiary alicyclic amines) is 1. The summed E-state index contributed by atoms with van der Waals surface area (Å²) < 4.78 is 14.3. The summed E-state index contributed by atoms with van der Waals surface area (Å²) >= 11 is 0. The second-order valence-electron chi connectivity index (χ2n) is 5.21. The Morgan fingerprint density at radius 1 is 1.56 bits per heavy atom. The number of carbonyl (C=O) groups excluding carboxylic acids is 1. The largest absolute Gasteiger partial charge is 0.388 e. The maximum atomic E-state index is 14.3. The third kappa shape index (κ3) is 5.04. The molecule has 1 amide bonds. The molecule has 1 rings (SSSR count). The number of hydrogen-bond acceptors (Lipinski definition) is 3. The van der Waals surface area contributed by atoms with E-state index in [2.05, 4.69) is 10.6 Å². The Bertz CT molecular complexity index is 307. The molecule has 0 aromatic rings. The molecule has 1 aliphatic heterocycles. The molecule has 0 aliphatic carbocycles. The average molecular weight is 257 g/mol. The lowest BCUT2D eigenvalue weighted by atomic mass is 10.1. The molecule has 104 valence electrons. The predicted octanol–water partition coefficient (Wildman–Crippen LogP) is 1.05. The molecule has 1 heterocycles. The zero-order valence-corrected chi connectivity index (χ0v) is 11.5. The Morgan fingerprint density at radius 3 is 2.89 bits per heavy atom. The topological polar surface area (TPSA) is 44.4 Å². The molecule has 1 fully saturated rings. The van der Waals surface area contributed by atoms with Gasteiger partial charge in [-0.2, -0.15) is 0 Å². The average Bonchev–Trinajstić information content (AvgIpc) is 2.59. The lowest BCUT2D eigenvalue weighted by Crippen LogP contribution is -2.42. The van der Waals surface area contributed by atoms with Gasteiger partial charge >= 0.3 is 0 Å². The first-order chi connectivity index (χ1) is 8.45. The predicted molar refractivity (Wildman–Crippen MR) is 71.0 cm³/mol. The standard InChI is InChI=1S/C13H24FN3O/c1-4-6-15-9-13(14)5-7-17(10-13)8-12(18)16-11(2)3/h4,6,11,15H,5,7-10H2,1-3H3,(H,16,18)/b6-4+. The molecule has 1 aliphatic rings. The number of nitrogens with one attached hydrogen (secondary N) is 2. The molecule has 0 saturated carbocycles. The minimum atomic E-state index is -1.22. The number of amides is 1. The Labute approximate surface area is 109 Å². The van der Waals surface area contributed by atoms with Gasteiger partial charge in [-0.1, -0.05) is 6.08 Å². The molecule has 1 atom stereocenters. The third-order valence-electron chi connectivity index (χ3n) is 2.90. The van der Waals surface area contributed by atoms with Crippen molar-refractivity contribution in [2.75, 3.05) is 26.2 Å². The fourth-order valence-corrected chi connectivity index (χ4v) is 2.13. The summed E-state index contributed by atoms with van der Waals surface area (Å²) in [5, 5.41) is 5.76. The smallest absolute Gasteiger partial charge is 0.234 e. The van der Waals surface area contributed by atoms with Crippen LogP contribution in [-0.4, -0.2) is 48.7 Å². The highest BCUT2D eigenvalue weighted by Gasteiger charge is 2.38. The molecule has 0 spiro atoms. The number of allylic oxidation sites excluding steroid dienone is 1. The highest BCUT2D eigenvalue weighted by atomic mass is 19.1. The number of halogens is 1. The second kappa shape index (κ2) is 6.73. The molecule has 5 heteroatoms. The summed E-state index contributed by atoms with van der Waals surface area (Å²) in [6.07, 6.45) is 4.06. The summed E-state index contributed by atoms with van der Waals surface area (Å²) in [6.45, 7) is 7.27. The van der Waals surface area contributed by atoms with Gasteiger partial charge in [0, 0.05) is 25.7 Å². The summed E-state index contributed by atoms with van der Waals surface area (Å²) in [7, 11) is 0. The van der Waals surface area contributed by atoms with Crippen LogP contribution >= 0.6 is 0 Å². The first kappa shape index (κ1) is 15.0. The number of hydrogen-bond donors (Lipinski definition) is 2. The fourth-order valence-electron chi connectivity index (χ4n) is 2.13. The molecule has 0 aromatic heterocycles. The maximum absolute atomic E-state index is 14.3. The van der Waals surface area contributed by atoms with Crippen LogP contribution in [0.5, 0.6) is 0 Å². The molecule has 0 aromatic carbocycles. The minimum absolute atomic E-state index is 0.0318. The van der Waals surface area contributed by atoms with Gasteiger partial charge in [0.25, 0.3) is 0 Å². The summed E-state index contributed by atoms with van der Waals surface area (Å²) in [5.41, 5.74) is -1.22. The lowest BCUT2D eigenvalue weighted by Gasteiger charge is -2.21. The number of carbonyl (C=O) groups is 1. The van der Waals surface area contributed by atoms with E-state index in [1.807, 2.05) is 31.7 Å². The van der Waals surface area contributed by atoms with E-state index in [1.165, 1.54) is 0 Å². The van der Waals surface area contributed by atoms with Crippen LogP contribution in [0.3, 0.4) is 0 Å². The SMILES string of the molecule is C/C=C/NCC1(F)CCN(CC(=O)NC(C)C)C1. The van der Waals surface area contributed by atoms with Crippen LogP contribution in [0.15, 0.2) is 12.3 Å². The molecule has 2 N–H and O–H groups in total. The molecule has 18 heavy (non-hydrogen) atoms. The highest BCUT2D eigenvalue weighted by molar-refractivity contribution is 5.78. The van der Waals surface area contributed by atoms with Gasteiger partial charge in [0.15, 0.2) is 0 Å². The minimum Gasteiger partial charge on any atom is -0.388 e. The van der Waals surface area contributed by atoms with E-state index in [9.17, 15) is 9.18 Å². The Morgan fingerprint density at radius 2 is 2.28 bits per heavy atom. The quantitative estimate of drug-likeness (QED) is 0.747. The second-order valence-corrected chi connectivity index (χ2v) is 5.21. The van der Waals surface area contributed by atoms with Crippen molar-refractivity contribution < 1.29 is 9.18 Å².